The molecule has 3 aromatic rings. The van der Waals surface area contributed by atoms with Crippen molar-refractivity contribution in [3.8, 4) is 28.0 Å². The lowest BCUT2D eigenvalue weighted by atomic mass is 9.98. The number of halogens is 3. The van der Waals surface area contributed by atoms with Crippen LogP contribution in [0.1, 0.15) is 64.2 Å². The Morgan fingerprint density at radius 3 is 2.15 bits per heavy atom. The molecule has 3 nitrogen and oxygen atoms in total. The third-order valence-electron chi connectivity index (χ3n) is 6.97. The van der Waals surface area contributed by atoms with Gasteiger partial charge < -0.3 is 14.2 Å². The second-order valence-corrected chi connectivity index (χ2v) is 9.95. The zero-order valence-electron chi connectivity index (χ0n) is 22.7. The normalized spacial score (nSPS) is 17.6. The number of hydrogen-bond donors (Lipinski definition) is 0. The minimum absolute atomic E-state index is 0.0692. The van der Waals surface area contributed by atoms with Gasteiger partial charge in [0.2, 0.25) is 5.82 Å². The van der Waals surface area contributed by atoms with E-state index in [1.165, 1.54) is 37.5 Å². The first kappa shape index (κ1) is 28.9. The molecule has 6 heteroatoms. The minimum atomic E-state index is -0.982. The van der Waals surface area contributed by atoms with Crippen LogP contribution >= 0.6 is 0 Å². The lowest BCUT2D eigenvalue weighted by Crippen LogP contribution is -2.26. The average molecular weight is 539 g/mol. The van der Waals surface area contributed by atoms with Crippen molar-refractivity contribution in [1.82, 2.24) is 0 Å². The van der Waals surface area contributed by atoms with Crippen LogP contribution in [0.2, 0.25) is 0 Å². The lowest BCUT2D eigenvalue weighted by Gasteiger charge is -2.28. The predicted octanol–water partition coefficient (Wildman–Crippen LogP) is 9.41. The van der Waals surface area contributed by atoms with E-state index in [1.54, 1.807) is 36.4 Å². The zero-order chi connectivity index (χ0) is 27.6. The Labute approximate surface area is 229 Å². The van der Waals surface area contributed by atoms with E-state index < -0.39 is 23.7 Å². The van der Waals surface area contributed by atoms with Gasteiger partial charge in [-0.25, -0.2) is 8.78 Å². The highest BCUT2D eigenvalue weighted by Crippen LogP contribution is 2.33. The second kappa shape index (κ2) is 14.3. The van der Waals surface area contributed by atoms with Crippen LogP contribution in [0.5, 0.6) is 5.75 Å². The van der Waals surface area contributed by atoms with E-state index in [-0.39, 0.29) is 17.2 Å². The van der Waals surface area contributed by atoms with Crippen LogP contribution in [0.3, 0.4) is 0 Å². The second-order valence-electron chi connectivity index (χ2n) is 9.95. The SMILES string of the molecule is CC=CC1COC(c2ccc(-c3ccc(-c4ccc(OCCCCCCCC)c(F)c4F)cc3)cc2F)OC1. The number of hydrogen-bond acceptors (Lipinski definition) is 3. The molecule has 1 aliphatic heterocycles. The van der Waals surface area contributed by atoms with Crippen LogP contribution in [0.15, 0.2) is 66.7 Å². The molecule has 0 aromatic heterocycles. The van der Waals surface area contributed by atoms with E-state index in [0.717, 1.165) is 24.8 Å². The predicted molar refractivity (Wildman–Crippen MR) is 149 cm³/mol. The molecule has 0 atom stereocenters. The lowest BCUT2D eigenvalue weighted by molar-refractivity contribution is -0.198. The van der Waals surface area contributed by atoms with Crippen molar-refractivity contribution in [2.75, 3.05) is 19.8 Å². The van der Waals surface area contributed by atoms with Gasteiger partial charge in [0, 0.05) is 17.0 Å². The summed E-state index contributed by atoms with van der Waals surface area (Å²) < 4.78 is 61.5. The summed E-state index contributed by atoms with van der Waals surface area (Å²) >= 11 is 0. The molecule has 0 radical (unpaired) electrons. The van der Waals surface area contributed by atoms with Gasteiger partial charge in [-0.2, -0.15) is 4.39 Å². The fraction of sp³-hybridized carbons (Fsp3) is 0.394. The molecule has 3 aromatic carbocycles. The molecule has 1 aliphatic rings. The van der Waals surface area contributed by atoms with E-state index in [2.05, 4.69) is 6.92 Å². The van der Waals surface area contributed by atoms with Crippen molar-refractivity contribution in [2.24, 2.45) is 5.92 Å². The Morgan fingerprint density at radius 2 is 1.46 bits per heavy atom. The fourth-order valence-electron chi connectivity index (χ4n) is 4.75. The Hall–Kier alpha value is -3.09. The third-order valence-corrected chi connectivity index (χ3v) is 6.97. The summed E-state index contributed by atoms with van der Waals surface area (Å²) in [7, 11) is 0. The molecule has 0 unspecified atom stereocenters. The van der Waals surface area contributed by atoms with Crippen LogP contribution in [0, 0.1) is 23.4 Å². The number of rotatable bonds is 12. The first-order chi connectivity index (χ1) is 19.0. The summed E-state index contributed by atoms with van der Waals surface area (Å²) in [5, 5.41) is 0. The maximum atomic E-state index is 14.9. The van der Waals surface area contributed by atoms with Crippen molar-refractivity contribution in [1.29, 1.82) is 0 Å². The molecular weight excluding hydrogens is 501 g/mol. The van der Waals surface area contributed by atoms with Crippen molar-refractivity contribution >= 4 is 0 Å². The van der Waals surface area contributed by atoms with Crippen LogP contribution in [0.4, 0.5) is 13.2 Å². The molecule has 0 amide bonds. The largest absolute Gasteiger partial charge is 0.490 e. The maximum absolute atomic E-state index is 14.9. The number of ether oxygens (including phenoxy) is 3. The molecule has 0 aliphatic carbocycles. The van der Waals surface area contributed by atoms with Gasteiger partial charge in [0.15, 0.2) is 17.9 Å². The molecule has 4 rings (SSSR count). The van der Waals surface area contributed by atoms with Crippen LogP contribution in [0.25, 0.3) is 22.3 Å². The summed E-state index contributed by atoms with van der Waals surface area (Å²) in [6, 6.07) is 14.8. The smallest absolute Gasteiger partial charge is 0.201 e. The zero-order valence-corrected chi connectivity index (χ0v) is 22.7. The number of benzene rings is 3. The molecule has 1 saturated heterocycles. The molecule has 1 heterocycles. The molecule has 0 N–H and O–H groups in total. The van der Waals surface area contributed by atoms with Gasteiger partial charge in [0.05, 0.1) is 19.8 Å². The molecule has 1 fully saturated rings. The Bertz CT molecular complexity index is 1230. The Kier molecular flexibility index (Phi) is 10.6. The van der Waals surface area contributed by atoms with E-state index >= 15 is 0 Å². The highest BCUT2D eigenvalue weighted by Gasteiger charge is 2.24. The van der Waals surface area contributed by atoms with Crippen LogP contribution < -0.4 is 4.74 Å². The first-order valence-corrected chi connectivity index (χ1v) is 13.9. The minimum Gasteiger partial charge on any atom is -0.490 e. The summed E-state index contributed by atoms with van der Waals surface area (Å²) in [4.78, 5) is 0. The van der Waals surface area contributed by atoms with E-state index in [9.17, 15) is 13.2 Å². The summed E-state index contributed by atoms with van der Waals surface area (Å²) in [6.07, 6.45) is 9.77. The molecule has 39 heavy (non-hydrogen) atoms. The van der Waals surface area contributed by atoms with Crippen molar-refractivity contribution in [3.05, 3.63) is 89.8 Å². The number of allylic oxidation sites excluding steroid dienone is 1. The third kappa shape index (κ3) is 7.52. The quantitative estimate of drug-likeness (QED) is 0.170. The Balaban J connectivity index is 1.38. The molecule has 208 valence electrons. The van der Waals surface area contributed by atoms with Crippen molar-refractivity contribution in [3.63, 3.8) is 0 Å². The Morgan fingerprint density at radius 1 is 0.795 bits per heavy atom. The van der Waals surface area contributed by atoms with Gasteiger partial charge in [-0.3, -0.25) is 0 Å². The van der Waals surface area contributed by atoms with Crippen LogP contribution in [-0.2, 0) is 9.47 Å². The fourth-order valence-corrected chi connectivity index (χ4v) is 4.75. The molecular formula is C33H37F3O3. The summed E-state index contributed by atoms with van der Waals surface area (Å²) in [5.74, 6) is -2.25. The van der Waals surface area contributed by atoms with Gasteiger partial charge >= 0.3 is 0 Å². The van der Waals surface area contributed by atoms with E-state index in [0.29, 0.717) is 36.5 Å². The standard InChI is InChI=1S/C33H37F3O3/c1-3-5-6-7-8-9-19-37-30-18-17-27(31(35)32(30)36)25-13-11-24(12-14-25)26-15-16-28(29(34)20-26)33-38-21-23(10-4-2)22-39-33/h4,10-18,20,23,33H,3,5-9,19,21-22H2,1-2H3. The molecule has 0 saturated carbocycles. The van der Waals surface area contributed by atoms with Crippen LogP contribution in [-0.4, -0.2) is 19.8 Å². The van der Waals surface area contributed by atoms with Gasteiger partial charge in [0.1, 0.15) is 5.82 Å². The van der Waals surface area contributed by atoms with E-state index in [4.69, 9.17) is 14.2 Å². The topological polar surface area (TPSA) is 27.7 Å². The summed E-state index contributed by atoms with van der Waals surface area (Å²) in [5.41, 5.74) is 2.44. The van der Waals surface area contributed by atoms with Crippen molar-refractivity contribution in [2.45, 2.75) is 58.7 Å². The van der Waals surface area contributed by atoms with Gasteiger partial charge in [-0.05, 0) is 48.2 Å². The van der Waals surface area contributed by atoms with E-state index in [1.807, 2.05) is 19.1 Å². The number of unbranched alkanes of at least 4 members (excludes halogenated alkanes) is 5. The first-order valence-electron chi connectivity index (χ1n) is 13.9. The highest BCUT2D eigenvalue weighted by molar-refractivity contribution is 5.71. The highest BCUT2D eigenvalue weighted by atomic mass is 19.2. The van der Waals surface area contributed by atoms with Gasteiger partial charge in [0.25, 0.3) is 0 Å². The summed E-state index contributed by atoms with van der Waals surface area (Å²) in [6.45, 7) is 5.42. The monoisotopic (exact) mass is 538 g/mol. The van der Waals surface area contributed by atoms with Crippen molar-refractivity contribution < 1.29 is 27.4 Å². The average Bonchev–Trinajstić information content (AvgIpc) is 2.95. The maximum Gasteiger partial charge on any atom is 0.201 e. The molecule has 0 bridgehead atoms. The van der Waals surface area contributed by atoms with Gasteiger partial charge in [-0.15, -0.1) is 0 Å². The molecule has 0 spiro atoms. The van der Waals surface area contributed by atoms with Gasteiger partial charge in [-0.1, -0.05) is 87.6 Å².